The van der Waals surface area contributed by atoms with Crippen LogP contribution in [0.15, 0.2) is 48.1 Å². The minimum Gasteiger partial charge on any atom is -0.486 e. The summed E-state index contributed by atoms with van der Waals surface area (Å²) >= 11 is 1.65. The third-order valence-corrected chi connectivity index (χ3v) is 3.79. The van der Waals surface area contributed by atoms with Crippen LogP contribution < -0.4 is 20.1 Å². The molecule has 1 aromatic heterocycles. The van der Waals surface area contributed by atoms with Gasteiger partial charge in [-0.25, -0.2) is 0 Å². The Labute approximate surface area is 140 Å². The summed E-state index contributed by atoms with van der Waals surface area (Å²) in [6, 6.07) is 9.83. The van der Waals surface area contributed by atoms with E-state index in [0.717, 1.165) is 28.4 Å². The zero-order valence-electron chi connectivity index (χ0n) is 12.9. The van der Waals surface area contributed by atoms with Crippen molar-refractivity contribution in [3.8, 4) is 11.5 Å². The van der Waals surface area contributed by atoms with Crippen LogP contribution in [0.25, 0.3) is 5.70 Å². The molecule has 23 heavy (non-hydrogen) atoms. The van der Waals surface area contributed by atoms with Gasteiger partial charge >= 0.3 is 0 Å². The van der Waals surface area contributed by atoms with Crippen molar-refractivity contribution in [3.63, 3.8) is 0 Å². The second-order valence-corrected chi connectivity index (χ2v) is 5.60. The van der Waals surface area contributed by atoms with E-state index in [2.05, 4.69) is 21.0 Å². The molecule has 5 nitrogen and oxygen atoms in total. The highest BCUT2D eigenvalue weighted by Crippen LogP contribution is 2.32. The molecular formula is C17H19N3O2S. The summed E-state index contributed by atoms with van der Waals surface area (Å²) in [4.78, 5) is 4.16. The van der Waals surface area contributed by atoms with Crippen LogP contribution >= 0.6 is 11.8 Å². The zero-order valence-corrected chi connectivity index (χ0v) is 13.7. The van der Waals surface area contributed by atoms with Gasteiger partial charge in [-0.3, -0.25) is 4.98 Å². The Morgan fingerprint density at radius 2 is 2.13 bits per heavy atom. The van der Waals surface area contributed by atoms with Gasteiger partial charge in [0, 0.05) is 29.7 Å². The van der Waals surface area contributed by atoms with Crippen molar-refractivity contribution in [3.05, 3.63) is 53.7 Å². The third-order valence-electron chi connectivity index (χ3n) is 3.32. The van der Waals surface area contributed by atoms with Gasteiger partial charge in [0.05, 0.1) is 12.4 Å². The molecule has 1 aromatic carbocycles. The Bertz CT molecular complexity index is 677. The average molecular weight is 329 g/mol. The average Bonchev–Trinajstić information content (AvgIpc) is 2.61. The zero-order chi connectivity index (χ0) is 15.9. The number of ether oxygens (including phenoxy) is 2. The number of hydrogen-bond acceptors (Lipinski definition) is 6. The highest BCUT2D eigenvalue weighted by atomic mass is 32.2. The van der Waals surface area contributed by atoms with Gasteiger partial charge in [0.1, 0.15) is 13.2 Å². The minimum atomic E-state index is 0.594. The SMILES string of the molecule is CS/C=C(\NCNc1ccc2c(c1)OCCO2)c1cccnc1. The molecule has 0 spiro atoms. The quantitative estimate of drug-likeness (QED) is 0.794. The number of fused-ring (bicyclic) bond motifs is 1. The number of rotatable bonds is 6. The van der Waals surface area contributed by atoms with Gasteiger partial charge in [0.25, 0.3) is 0 Å². The van der Waals surface area contributed by atoms with Crippen LogP contribution in [-0.2, 0) is 0 Å². The Kier molecular flexibility index (Phi) is 5.26. The van der Waals surface area contributed by atoms with Gasteiger partial charge in [-0.15, -0.1) is 11.8 Å². The maximum absolute atomic E-state index is 5.59. The normalized spacial score (nSPS) is 13.5. The predicted octanol–water partition coefficient (Wildman–Crippen LogP) is 3.17. The first kappa shape index (κ1) is 15.6. The number of thioether (sulfide) groups is 1. The molecule has 0 amide bonds. The first-order chi connectivity index (χ1) is 11.4. The third kappa shape index (κ3) is 4.10. The lowest BCUT2D eigenvalue weighted by molar-refractivity contribution is 0.171. The molecule has 0 atom stereocenters. The van der Waals surface area contributed by atoms with Crippen molar-refractivity contribution in [2.24, 2.45) is 0 Å². The Morgan fingerprint density at radius 1 is 1.26 bits per heavy atom. The molecule has 6 heteroatoms. The summed E-state index contributed by atoms with van der Waals surface area (Å²) < 4.78 is 11.1. The summed E-state index contributed by atoms with van der Waals surface area (Å²) in [5, 5.41) is 8.79. The maximum Gasteiger partial charge on any atom is 0.163 e. The molecule has 0 aliphatic carbocycles. The summed E-state index contributed by atoms with van der Waals surface area (Å²) in [6.07, 6.45) is 5.65. The highest BCUT2D eigenvalue weighted by Gasteiger charge is 2.11. The van der Waals surface area contributed by atoms with Crippen molar-refractivity contribution in [2.75, 3.05) is 31.5 Å². The van der Waals surface area contributed by atoms with Gasteiger partial charge in [-0.05, 0) is 35.9 Å². The van der Waals surface area contributed by atoms with Crippen molar-refractivity contribution in [2.45, 2.75) is 0 Å². The van der Waals surface area contributed by atoms with Gasteiger partial charge in [0.15, 0.2) is 11.5 Å². The lowest BCUT2D eigenvalue weighted by Gasteiger charge is -2.19. The second-order valence-electron chi connectivity index (χ2n) is 4.90. The van der Waals surface area contributed by atoms with E-state index < -0.39 is 0 Å². The fraction of sp³-hybridized carbons (Fsp3) is 0.235. The number of hydrogen-bond donors (Lipinski definition) is 2. The lowest BCUT2D eigenvalue weighted by atomic mass is 10.2. The molecule has 120 valence electrons. The summed E-state index contributed by atoms with van der Waals surface area (Å²) in [5.41, 5.74) is 3.08. The fourth-order valence-electron chi connectivity index (χ4n) is 2.25. The topological polar surface area (TPSA) is 55.4 Å². The predicted molar refractivity (Wildman–Crippen MR) is 94.8 cm³/mol. The highest BCUT2D eigenvalue weighted by molar-refractivity contribution is 8.01. The first-order valence-electron chi connectivity index (χ1n) is 7.37. The van der Waals surface area contributed by atoms with Gasteiger partial charge in [-0.1, -0.05) is 0 Å². The van der Waals surface area contributed by atoms with Crippen LogP contribution in [0.4, 0.5) is 5.69 Å². The minimum absolute atomic E-state index is 0.594. The standard InChI is InChI=1S/C17H19N3O2S/c1-23-11-15(13-3-2-6-18-10-13)20-12-19-14-4-5-16-17(9-14)22-8-7-21-16/h2-6,9-11,19-20H,7-8,12H2,1H3/b15-11-. The molecule has 0 saturated heterocycles. The smallest absolute Gasteiger partial charge is 0.163 e. The number of anilines is 1. The Morgan fingerprint density at radius 3 is 2.91 bits per heavy atom. The van der Waals surface area contributed by atoms with Crippen LogP contribution in [-0.4, -0.2) is 31.1 Å². The Balaban J connectivity index is 1.60. The molecule has 0 fully saturated rings. The number of benzene rings is 1. The van der Waals surface area contributed by atoms with E-state index in [1.165, 1.54) is 0 Å². The Hall–Kier alpha value is -2.34. The molecule has 0 unspecified atom stereocenters. The van der Waals surface area contributed by atoms with Crippen LogP contribution in [0.2, 0.25) is 0 Å². The number of nitrogens with one attached hydrogen (secondary N) is 2. The molecule has 3 rings (SSSR count). The van der Waals surface area contributed by atoms with Crippen LogP contribution in [0.3, 0.4) is 0 Å². The lowest BCUT2D eigenvalue weighted by Crippen LogP contribution is -2.21. The van der Waals surface area contributed by atoms with E-state index >= 15 is 0 Å². The van der Waals surface area contributed by atoms with E-state index in [9.17, 15) is 0 Å². The van der Waals surface area contributed by atoms with Gasteiger partial charge in [-0.2, -0.15) is 0 Å². The van der Waals surface area contributed by atoms with E-state index in [1.807, 2.05) is 42.8 Å². The molecule has 0 radical (unpaired) electrons. The monoisotopic (exact) mass is 329 g/mol. The largest absolute Gasteiger partial charge is 0.486 e. The number of nitrogens with zero attached hydrogens (tertiary/aromatic N) is 1. The fourth-order valence-corrected chi connectivity index (χ4v) is 2.70. The summed E-state index contributed by atoms with van der Waals surface area (Å²) in [6.45, 7) is 1.80. The first-order valence-corrected chi connectivity index (χ1v) is 8.66. The van der Waals surface area contributed by atoms with E-state index in [1.54, 1.807) is 18.0 Å². The summed E-state index contributed by atoms with van der Waals surface area (Å²) in [7, 11) is 0. The van der Waals surface area contributed by atoms with Crippen LogP contribution in [0.5, 0.6) is 11.5 Å². The van der Waals surface area contributed by atoms with Crippen molar-refractivity contribution in [1.29, 1.82) is 0 Å². The van der Waals surface area contributed by atoms with Crippen molar-refractivity contribution in [1.82, 2.24) is 10.3 Å². The van der Waals surface area contributed by atoms with E-state index in [0.29, 0.717) is 19.9 Å². The van der Waals surface area contributed by atoms with Gasteiger partial charge < -0.3 is 20.1 Å². The molecular weight excluding hydrogens is 310 g/mol. The molecule has 0 saturated carbocycles. The molecule has 2 aromatic rings. The van der Waals surface area contributed by atoms with Crippen LogP contribution in [0.1, 0.15) is 5.56 Å². The maximum atomic E-state index is 5.59. The molecule has 2 heterocycles. The van der Waals surface area contributed by atoms with Crippen molar-refractivity contribution < 1.29 is 9.47 Å². The van der Waals surface area contributed by atoms with E-state index in [4.69, 9.17) is 9.47 Å². The summed E-state index contributed by atoms with van der Waals surface area (Å²) in [5.74, 6) is 1.58. The molecule has 0 bridgehead atoms. The molecule has 1 aliphatic heterocycles. The number of aromatic nitrogens is 1. The van der Waals surface area contributed by atoms with Gasteiger partial charge in [0.2, 0.25) is 0 Å². The van der Waals surface area contributed by atoms with Crippen molar-refractivity contribution >= 4 is 23.1 Å². The number of pyridine rings is 1. The molecule has 2 N–H and O–H groups in total. The van der Waals surface area contributed by atoms with Crippen LogP contribution in [0, 0.1) is 0 Å². The van der Waals surface area contributed by atoms with E-state index in [-0.39, 0.29) is 0 Å². The second kappa shape index (κ2) is 7.78. The molecule has 1 aliphatic rings.